The van der Waals surface area contributed by atoms with Crippen molar-refractivity contribution in [2.24, 2.45) is 11.1 Å². The van der Waals surface area contributed by atoms with Crippen LogP contribution in [0, 0.1) is 5.41 Å². The molecule has 0 saturated heterocycles. The molecule has 0 atom stereocenters. The molecule has 0 aromatic heterocycles. The van der Waals surface area contributed by atoms with E-state index in [4.69, 9.17) is 15.2 Å². The van der Waals surface area contributed by atoms with Gasteiger partial charge in [0.05, 0.1) is 14.2 Å². The Bertz CT molecular complexity index is 403. The van der Waals surface area contributed by atoms with Gasteiger partial charge in [-0.2, -0.15) is 0 Å². The van der Waals surface area contributed by atoms with Crippen LogP contribution in [0.3, 0.4) is 0 Å². The van der Waals surface area contributed by atoms with E-state index >= 15 is 0 Å². The first-order valence-electron chi connectivity index (χ1n) is 6.35. The minimum Gasteiger partial charge on any atom is -0.497 e. The average molecular weight is 250 g/mol. The SMILES string of the molecule is COc1ccc(OC)c(CNCC2(CN)CC2)c1. The monoisotopic (exact) mass is 250 g/mol. The molecule has 3 N–H and O–H groups in total. The molecule has 1 aliphatic rings. The van der Waals surface area contributed by atoms with Crippen molar-refractivity contribution in [2.75, 3.05) is 27.3 Å². The predicted molar refractivity (Wildman–Crippen MR) is 72.0 cm³/mol. The number of nitrogens with one attached hydrogen (secondary N) is 1. The molecule has 0 amide bonds. The summed E-state index contributed by atoms with van der Waals surface area (Å²) < 4.78 is 10.6. The Morgan fingerprint density at radius 3 is 2.61 bits per heavy atom. The molecular weight excluding hydrogens is 228 g/mol. The second-order valence-electron chi connectivity index (χ2n) is 4.99. The van der Waals surface area contributed by atoms with E-state index in [0.29, 0.717) is 5.41 Å². The van der Waals surface area contributed by atoms with Crippen LogP contribution >= 0.6 is 0 Å². The highest BCUT2D eigenvalue weighted by atomic mass is 16.5. The van der Waals surface area contributed by atoms with Crippen molar-refractivity contribution < 1.29 is 9.47 Å². The van der Waals surface area contributed by atoms with Crippen LogP contribution in [0.25, 0.3) is 0 Å². The van der Waals surface area contributed by atoms with Gasteiger partial charge in [0.1, 0.15) is 11.5 Å². The lowest BCUT2D eigenvalue weighted by Crippen LogP contribution is -2.29. The Balaban J connectivity index is 1.94. The number of rotatable bonds is 7. The van der Waals surface area contributed by atoms with Crippen LogP contribution in [0.15, 0.2) is 18.2 Å². The molecule has 1 aromatic rings. The topological polar surface area (TPSA) is 56.5 Å². The van der Waals surface area contributed by atoms with Crippen molar-refractivity contribution >= 4 is 0 Å². The van der Waals surface area contributed by atoms with Crippen molar-refractivity contribution in [2.45, 2.75) is 19.4 Å². The summed E-state index contributed by atoms with van der Waals surface area (Å²) in [5.74, 6) is 1.74. The fourth-order valence-corrected chi connectivity index (χ4v) is 2.11. The number of hydrogen-bond acceptors (Lipinski definition) is 4. The van der Waals surface area contributed by atoms with E-state index in [0.717, 1.165) is 36.7 Å². The maximum atomic E-state index is 5.77. The molecule has 0 unspecified atom stereocenters. The summed E-state index contributed by atoms with van der Waals surface area (Å²) in [5, 5.41) is 3.47. The summed E-state index contributed by atoms with van der Waals surface area (Å²) in [5.41, 5.74) is 7.23. The van der Waals surface area contributed by atoms with Crippen molar-refractivity contribution in [1.82, 2.24) is 5.32 Å². The number of benzene rings is 1. The molecule has 1 aromatic carbocycles. The van der Waals surface area contributed by atoms with Gasteiger partial charge in [-0.05, 0) is 43.0 Å². The maximum Gasteiger partial charge on any atom is 0.123 e. The van der Waals surface area contributed by atoms with Gasteiger partial charge in [-0.15, -0.1) is 0 Å². The Morgan fingerprint density at radius 1 is 1.28 bits per heavy atom. The second kappa shape index (κ2) is 5.59. The molecule has 1 fully saturated rings. The molecule has 100 valence electrons. The quantitative estimate of drug-likeness (QED) is 0.770. The molecule has 2 rings (SSSR count). The summed E-state index contributed by atoms with van der Waals surface area (Å²) in [6, 6.07) is 5.85. The average Bonchev–Trinajstić information content (AvgIpc) is 3.19. The lowest BCUT2D eigenvalue weighted by Gasteiger charge is -2.15. The first-order chi connectivity index (χ1) is 8.73. The number of hydrogen-bond donors (Lipinski definition) is 2. The van der Waals surface area contributed by atoms with Crippen LogP contribution in [-0.4, -0.2) is 27.3 Å². The van der Waals surface area contributed by atoms with Crippen LogP contribution in [0.1, 0.15) is 18.4 Å². The molecule has 18 heavy (non-hydrogen) atoms. The summed E-state index contributed by atoms with van der Waals surface area (Å²) in [6.45, 7) is 2.53. The van der Waals surface area contributed by atoms with Crippen LogP contribution in [0.4, 0.5) is 0 Å². The molecule has 4 heteroatoms. The maximum absolute atomic E-state index is 5.77. The zero-order valence-electron chi connectivity index (χ0n) is 11.2. The highest BCUT2D eigenvalue weighted by molar-refractivity contribution is 5.40. The molecule has 0 bridgehead atoms. The van der Waals surface area contributed by atoms with Gasteiger partial charge in [-0.3, -0.25) is 0 Å². The van der Waals surface area contributed by atoms with E-state index in [1.807, 2.05) is 18.2 Å². The van der Waals surface area contributed by atoms with E-state index in [1.54, 1.807) is 14.2 Å². The standard InChI is InChI=1S/C14H22N2O2/c1-17-12-3-4-13(18-2)11(7-12)8-16-10-14(9-15)5-6-14/h3-4,7,16H,5-6,8-10,15H2,1-2H3. The fourth-order valence-electron chi connectivity index (χ4n) is 2.11. The molecule has 0 spiro atoms. The highest BCUT2D eigenvalue weighted by Crippen LogP contribution is 2.43. The van der Waals surface area contributed by atoms with Crippen molar-refractivity contribution in [1.29, 1.82) is 0 Å². The van der Waals surface area contributed by atoms with Crippen molar-refractivity contribution in [3.8, 4) is 11.5 Å². The third-order valence-electron chi connectivity index (χ3n) is 3.69. The van der Waals surface area contributed by atoms with Gasteiger partial charge in [-0.1, -0.05) is 0 Å². The molecule has 0 aliphatic heterocycles. The summed E-state index contributed by atoms with van der Waals surface area (Å²) in [6.07, 6.45) is 2.48. The molecule has 0 heterocycles. The van der Waals surface area contributed by atoms with Crippen molar-refractivity contribution in [3.63, 3.8) is 0 Å². The smallest absolute Gasteiger partial charge is 0.123 e. The summed E-state index contributed by atoms with van der Waals surface area (Å²) >= 11 is 0. The number of methoxy groups -OCH3 is 2. The molecule has 0 radical (unpaired) electrons. The van der Waals surface area contributed by atoms with Gasteiger partial charge in [0.25, 0.3) is 0 Å². The van der Waals surface area contributed by atoms with E-state index in [1.165, 1.54) is 12.8 Å². The molecule has 1 aliphatic carbocycles. The summed E-state index contributed by atoms with van der Waals surface area (Å²) in [7, 11) is 3.36. The first kappa shape index (κ1) is 13.2. The van der Waals surface area contributed by atoms with E-state index < -0.39 is 0 Å². The highest BCUT2D eigenvalue weighted by Gasteiger charge is 2.40. The third-order valence-corrected chi connectivity index (χ3v) is 3.69. The fraction of sp³-hybridized carbons (Fsp3) is 0.571. The Morgan fingerprint density at radius 2 is 2.06 bits per heavy atom. The van der Waals surface area contributed by atoms with Gasteiger partial charge in [0, 0.05) is 18.7 Å². The zero-order valence-corrected chi connectivity index (χ0v) is 11.2. The van der Waals surface area contributed by atoms with Crippen LogP contribution in [0.2, 0.25) is 0 Å². The minimum atomic E-state index is 0.353. The Kier molecular flexibility index (Phi) is 4.09. The van der Waals surface area contributed by atoms with Gasteiger partial charge in [0.15, 0.2) is 0 Å². The predicted octanol–water partition coefficient (Wildman–Crippen LogP) is 1.53. The number of ether oxygens (including phenoxy) is 2. The van der Waals surface area contributed by atoms with Gasteiger partial charge >= 0.3 is 0 Å². The lowest BCUT2D eigenvalue weighted by atomic mass is 10.1. The normalized spacial score (nSPS) is 16.4. The molecular formula is C14H22N2O2. The molecule has 4 nitrogen and oxygen atoms in total. The van der Waals surface area contributed by atoms with E-state index in [9.17, 15) is 0 Å². The summed E-state index contributed by atoms with van der Waals surface area (Å²) in [4.78, 5) is 0. The van der Waals surface area contributed by atoms with Gasteiger partial charge in [-0.25, -0.2) is 0 Å². The van der Waals surface area contributed by atoms with Crippen LogP contribution in [0.5, 0.6) is 11.5 Å². The molecule has 1 saturated carbocycles. The van der Waals surface area contributed by atoms with E-state index in [2.05, 4.69) is 5.32 Å². The van der Waals surface area contributed by atoms with Crippen LogP contribution in [-0.2, 0) is 6.54 Å². The minimum absolute atomic E-state index is 0.353. The van der Waals surface area contributed by atoms with Gasteiger partial charge < -0.3 is 20.5 Å². The Labute approximate surface area is 108 Å². The number of nitrogens with two attached hydrogens (primary N) is 1. The van der Waals surface area contributed by atoms with Gasteiger partial charge in [0.2, 0.25) is 0 Å². The Hall–Kier alpha value is -1.26. The van der Waals surface area contributed by atoms with E-state index in [-0.39, 0.29) is 0 Å². The largest absolute Gasteiger partial charge is 0.497 e. The third kappa shape index (κ3) is 2.94. The van der Waals surface area contributed by atoms with Crippen molar-refractivity contribution in [3.05, 3.63) is 23.8 Å². The lowest BCUT2D eigenvalue weighted by molar-refractivity contribution is 0.394. The first-order valence-corrected chi connectivity index (χ1v) is 6.35. The van der Waals surface area contributed by atoms with Crippen LogP contribution < -0.4 is 20.5 Å². The second-order valence-corrected chi connectivity index (χ2v) is 4.99. The zero-order chi connectivity index (χ0) is 13.0.